The van der Waals surface area contributed by atoms with Crippen LogP contribution in [0.25, 0.3) is 11.1 Å². The molecule has 0 N–H and O–H groups in total. The van der Waals surface area contributed by atoms with Crippen LogP contribution in [0.1, 0.15) is 18.4 Å². The van der Waals surface area contributed by atoms with Gasteiger partial charge in [-0.25, -0.2) is 0 Å². The lowest BCUT2D eigenvalue weighted by Crippen LogP contribution is -2.16. The van der Waals surface area contributed by atoms with E-state index in [9.17, 15) is 21.6 Å². The molecule has 0 aliphatic rings. The quantitative estimate of drug-likeness (QED) is 0.613. The molecule has 0 saturated heterocycles. The van der Waals surface area contributed by atoms with E-state index >= 15 is 0 Å². The van der Waals surface area contributed by atoms with Gasteiger partial charge in [0.1, 0.15) is 5.75 Å². The van der Waals surface area contributed by atoms with E-state index in [0.29, 0.717) is 6.54 Å². The number of hydrogen-bond donors (Lipinski definition) is 0. The number of alkyl halides is 3. The van der Waals surface area contributed by atoms with Crippen molar-refractivity contribution >= 4 is 10.1 Å². The van der Waals surface area contributed by atoms with Crippen molar-refractivity contribution in [2.75, 3.05) is 19.8 Å². The van der Waals surface area contributed by atoms with Crippen LogP contribution in [-0.2, 0) is 16.7 Å². The van der Waals surface area contributed by atoms with Gasteiger partial charge in [0.15, 0.2) is 0 Å². The van der Waals surface area contributed by atoms with E-state index in [2.05, 4.69) is 0 Å². The van der Waals surface area contributed by atoms with Crippen LogP contribution in [-0.4, -0.2) is 39.3 Å². The molecular formula is C19H22F3NO3S. The Kier molecular flexibility index (Phi) is 6.89. The third-order valence-corrected chi connectivity index (χ3v) is 4.96. The summed E-state index contributed by atoms with van der Waals surface area (Å²) < 4.78 is 65.5. The molecule has 2 aromatic rings. The highest BCUT2D eigenvalue weighted by molar-refractivity contribution is 7.87. The van der Waals surface area contributed by atoms with E-state index < -0.39 is 34.9 Å². The second-order valence-electron chi connectivity index (χ2n) is 6.49. The molecule has 4 nitrogen and oxygen atoms in total. The summed E-state index contributed by atoms with van der Waals surface area (Å²) >= 11 is 0. The first kappa shape index (κ1) is 21.2. The Balaban J connectivity index is 2.16. The molecule has 0 amide bonds. The van der Waals surface area contributed by atoms with Crippen LogP contribution in [0.3, 0.4) is 0 Å². The Bertz CT molecular complexity index is 864. The zero-order chi connectivity index (χ0) is 20.1. The monoisotopic (exact) mass is 401 g/mol. The molecule has 0 unspecified atom stereocenters. The third-order valence-electron chi connectivity index (χ3n) is 3.73. The van der Waals surface area contributed by atoms with Crippen LogP contribution in [0.15, 0.2) is 48.5 Å². The maximum Gasteiger partial charge on any atom is 0.389 e. The van der Waals surface area contributed by atoms with Crippen LogP contribution in [0.2, 0.25) is 0 Å². The predicted molar refractivity (Wildman–Crippen MR) is 99.0 cm³/mol. The smallest absolute Gasteiger partial charge is 0.382 e. The first-order chi connectivity index (χ1) is 12.6. The Labute approximate surface area is 157 Å². The van der Waals surface area contributed by atoms with E-state index in [-0.39, 0.29) is 5.75 Å². The molecule has 0 aromatic heterocycles. The molecule has 8 heteroatoms. The average molecular weight is 401 g/mol. The maximum absolute atomic E-state index is 12.2. The average Bonchev–Trinajstić information content (AvgIpc) is 2.53. The van der Waals surface area contributed by atoms with Gasteiger partial charge in [0.25, 0.3) is 0 Å². The van der Waals surface area contributed by atoms with Crippen LogP contribution in [0.5, 0.6) is 5.75 Å². The highest BCUT2D eigenvalue weighted by Gasteiger charge is 2.27. The Morgan fingerprint density at radius 3 is 2.41 bits per heavy atom. The zero-order valence-electron chi connectivity index (χ0n) is 15.2. The number of halogens is 3. The summed E-state index contributed by atoms with van der Waals surface area (Å²) in [7, 11) is -0.197. The van der Waals surface area contributed by atoms with Crippen LogP contribution < -0.4 is 4.18 Å². The molecule has 0 aliphatic heterocycles. The van der Waals surface area contributed by atoms with Crippen molar-refractivity contribution in [3.8, 4) is 16.9 Å². The fourth-order valence-electron chi connectivity index (χ4n) is 2.63. The molecule has 27 heavy (non-hydrogen) atoms. The van der Waals surface area contributed by atoms with Gasteiger partial charge in [-0.1, -0.05) is 36.4 Å². The van der Waals surface area contributed by atoms with Crippen LogP contribution in [0.4, 0.5) is 13.2 Å². The lowest BCUT2D eigenvalue weighted by Gasteiger charge is -2.15. The third kappa shape index (κ3) is 7.22. The number of benzene rings is 2. The number of hydrogen-bond acceptors (Lipinski definition) is 4. The van der Waals surface area contributed by atoms with Gasteiger partial charge in [-0.05, 0) is 49.3 Å². The van der Waals surface area contributed by atoms with Crippen molar-refractivity contribution in [2.45, 2.75) is 25.6 Å². The largest absolute Gasteiger partial charge is 0.389 e. The lowest BCUT2D eigenvalue weighted by atomic mass is 9.99. The minimum Gasteiger partial charge on any atom is -0.382 e. The van der Waals surface area contributed by atoms with E-state index in [1.807, 2.05) is 49.3 Å². The maximum atomic E-state index is 12.2. The van der Waals surface area contributed by atoms with Gasteiger partial charge in [0.2, 0.25) is 0 Å². The Morgan fingerprint density at radius 1 is 1.04 bits per heavy atom. The van der Waals surface area contributed by atoms with Gasteiger partial charge in [-0.15, -0.1) is 0 Å². The number of nitrogens with zero attached hydrogens (tertiary/aromatic N) is 1. The first-order valence-electron chi connectivity index (χ1n) is 8.38. The first-order valence-corrected chi connectivity index (χ1v) is 9.95. The molecule has 0 fully saturated rings. The minimum absolute atomic E-state index is 0.0826. The fourth-order valence-corrected chi connectivity index (χ4v) is 3.61. The van der Waals surface area contributed by atoms with Gasteiger partial charge in [0.05, 0.1) is 5.75 Å². The van der Waals surface area contributed by atoms with Crippen LogP contribution in [0, 0.1) is 0 Å². The SMILES string of the molecule is CN(C)Cc1ccccc1-c1cccc(OS(=O)(=O)CCCC(F)(F)F)c1. The minimum atomic E-state index is -4.38. The molecule has 2 rings (SSSR count). The molecule has 0 heterocycles. The summed E-state index contributed by atoms with van der Waals surface area (Å²) in [4.78, 5) is 2.02. The predicted octanol–water partition coefficient (Wildman–Crippen LogP) is 4.47. The molecule has 0 bridgehead atoms. The van der Waals surface area contributed by atoms with E-state index in [1.165, 1.54) is 6.07 Å². The molecule has 0 spiro atoms. The summed E-state index contributed by atoms with van der Waals surface area (Å²) in [6.45, 7) is 0.705. The van der Waals surface area contributed by atoms with Crippen molar-refractivity contribution < 1.29 is 25.8 Å². The Hall–Kier alpha value is -2.06. The van der Waals surface area contributed by atoms with E-state index in [1.54, 1.807) is 12.1 Å². The van der Waals surface area contributed by atoms with Crippen LogP contribution >= 0.6 is 0 Å². The fraction of sp³-hybridized carbons (Fsp3) is 0.368. The van der Waals surface area contributed by atoms with Gasteiger partial charge < -0.3 is 9.08 Å². The molecule has 0 radical (unpaired) electrons. The normalized spacial score (nSPS) is 12.4. The topological polar surface area (TPSA) is 46.6 Å². The molecule has 0 aliphatic carbocycles. The van der Waals surface area contributed by atoms with E-state index in [0.717, 1.165) is 16.7 Å². The summed E-state index contributed by atoms with van der Waals surface area (Å²) in [6.07, 6.45) is -6.07. The highest BCUT2D eigenvalue weighted by Crippen LogP contribution is 2.28. The van der Waals surface area contributed by atoms with Crippen molar-refractivity contribution in [2.24, 2.45) is 0 Å². The summed E-state index contributed by atoms with van der Waals surface area (Å²) in [6, 6.07) is 14.3. The van der Waals surface area contributed by atoms with Crippen molar-refractivity contribution in [1.82, 2.24) is 4.90 Å². The highest BCUT2D eigenvalue weighted by atomic mass is 32.2. The van der Waals surface area contributed by atoms with Gasteiger partial charge in [-0.3, -0.25) is 0 Å². The summed E-state index contributed by atoms with van der Waals surface area (Å²) in [5.41, 5.74) is 2.77. The molecular weight excluding hydrogens is 379 g/mol. The molecule has 2 aromatic carbocycles. The number of rotatable bonds is 8. The standard InChI is InChI=1S/C19H22F3NO3S/c1-23(2)14-16-7-3-4-10-18(16)15-8-5-9-17(13-15)26-27(24,25)12-6-11-19(20,21)22/h3-5,7-10,13H,6,11-12,14H2,1-2H3. The molecule has 0 atom stereocenters. The zero-order valence-corrected chi connectivity index (χ0v) is 16.0. The van der Waals surface area contributed by atoms with Gasteiger partial charge >= 0.3 is 16.3 Å². The second-order valence-corrected chi connectivity index (χ2v) is 8.18. The lowest BCUT2D eigenvalue weighted by molar-refractivity contribution is -0.134. The van der Waals surface area contributed by atoms with E-state index in [4.69, 9.17) is 4.18 Å². The Morgan fingerprint density at radius 2 is 1.74 bits per heavy atom. The summed E-state index contributed by atoms with van der Waals surface area (Å²) in [5.74, 6) is -0.604. The summed E-state index contributed by atoms with van der Waals surface area (Å²) in [5, 5.41) is 0. The molecule has 0 saturated carbocycles. The van der Waals surface area contributed by atoms with Crippen molar-refractivity contribution in [1.29, 1.82) is 0 Å². The molecule has 148 valence electrons. The van der Waals surface area contributed by atoms with Crippen molar-refractivity contribution in [3.05, 3.63) is 54.1 Å². The van der Waals surface area contributed by atoms with Gasteiger partial charge in [-0.2, -0.15) is 21.6 Å². The van der Waals surface area contributed by atoms with Crippen molar-refractivity contribution in [3.63, 3.8) is 0 Å². The second kappa shape index (κ2) is 8.75. The van der Waals surface area contributed by atoms with Gasteiger partial charge in [0, 0.05) is 13.0 Å².